The van der Waals surface area contributed by atoms with E-state index in [-0.39, 0.29) is 18.1 Å². The molecule has 0 aliphatic rings. The minimum Gasteiger partial charge on any atom is -0.383 e. The number of aromatic amines is 1. The maximum Gasteiger partial charge on any atom is 0.330 e. The summed E-state index contributed by atoms with van der Waals surface area (Å²) in [5.41, 5.74) is 6.53. The van der Waals surface area contributed by atoms with Crippen molar-refractivity contribution in [2.45, 2.75) is 39.7 Å². The highest BCUT2D eigenvalue weighted by Gasteiger charge is 2.22. The van der Waals surface area contributed by atoms with E-state index in [9.17, 15) is 14.4 Å². The Kier molecular flexibility index (Phi) is 7.02. The Morgan fingerprint density at radius 1 is 1.19 bits per heavy atom. The molecule has 2 aromatic heterocycles. The molecule has 1 amide bonds. The largest absolute Gasteiger partial charge is 0.383 e. The second kappa shape index (κ2) is 9.88. The summed E-state index contributed by atoms with van der Waals surface area (Å²) in [5, 5.41) is 0.964. The van der Waals surface area contributed by atoms with Crippen LogP contribution in [0.3, 0.4) is 0 Å². The normalized spacial score (nSPS) is 11.3. The molecule has 2 heterocycles. The number of nitrogens with two attached hydrogens (primary N) is 1. The first-order valence-electron chi connectivity index (χ1n) is 10.4. The van der Waals surface area contributed by atoms with Gasteiger partial charge in [-0.25, -0.2) is 4.79 Å². The number of anilines is 2. The molecule has 8 heteroatoms. The number of H-pyrrole nitrogens is 1. The van der Waals surface area contributed by atoms with Crippen molar-refractivity contribution in [1.29, 1.82) is 0 Å². The Morgan fingerprint density at radius 3 is 2.71 bits per heavy atom. The second-order valence-corrected chi connectivity index (χ2v) is 7.24. The van der Waals surface area contributed by atoms with Crippen molar-refractivity contribution in [2.24, 2.45) is 0 Å². The average molecular weight is 422 g/mol. The zero-order chi connectivity index (χ0) is 22.4. The fourth-order valence-corrected chi connectivity index (χ4v) is 3.45. The van der Waals surface area contributed by atoms with Gasteiger partial charge in [0.1, 0.15) is 5.82 Å². The van der Waals surface area contributed by atoms with Gasteiger partial charge < -0.3 is 10.6 Å². The molecule has 3 N–H and O–H groups in total. The molecule has 0 spiro atoms. The molecule has 8 nitrogen and oxygen atoms in total. The standard InChI is InChI=1S/C23H27N5O3/c1-3-5-15-28-21(24)20(22(30)26-23(28)31)27(14-4-2)18(29)12-11-17-9-6-8-16-10-7-13-25-19(16)17/h6-13H,3-5,14-15,24H2,1-2H3,(H,26,30,31). The summed E-state index contributed by atoms with van der Waals surface area (Å²) in [7, 11) is 0. The molecule has 31 heavy (non-hydrogen) atoms. The molecule has 0 saturated heterocycles. The van der Waals surface area contributed by atoms with Crippen LogP contribution in [0.25, 0.3) is 17.0 Å². The van der Waals surface area contributed by atoms with Crippen molar-refractivity contribution >= 4 is 34.4 Å². The molecule has 0 bridgehead atoms. The number of amides is 1. The number of carbonyl (C=O) groups excluding carboxylic acids is 1. The van der Waals surface area contributed by atoms with Crippen molar-refractivity contribution in [2.75, 3.05) is 17.2 Å². The zero-order valence-corrected chi connectivity index (χ0v) is 17.8. The predicted octanol–water partition coefficient (Wildman–Crippen LogP) is 2.92. The van der Waals surface area contributed by atoms with Crippen LogP contribution in [-0.4, -0.2) is 27.0 Å². The van der Waals surface area contributed by atoms with E-state index in [0.29, 0.717) is 13.0 Å². The lowest BCUT2D eigenvalue weighted by molar-refractivity contribution is -0.114. The van der Waals surface area contributed by atoms with Crippen molar-refractivity contribution in [1.82, 2.24) is 14.5 Å². The fourth-order valence-electron chi connectivity index (χ4n) is 3.45. The molecule has 0 aliphatic carbocycles. The number of hydrogen-bond acceptors (Lipinski definition) is 5. The lowest BCUT2D eigenvalue weighted by atomic mass is 10.1. The SMILES string of the molecule is CCCCn1c(N)c(N(CCC)C(=O)C=Cc2cccc3cccnc23)c(=O)[nH]c1=O. The van der Waals surface area contributed by atoms with E-state index in [4.69, 9.17) is 5.73 Å². The number of fused-ring (bicyclic) bond motifs is 1. The summed E-state index contributed by atoms with van der Waals surface area (Å²) in [6.45, 7) is 4.55. The lowest BCUT2D eigenvalue weighted by Crippen LogP contribution is -2.41. The summed E-state index contributed by atoms with van der Waals surface area (Å²) in [4.78, 5) is 45.9. The summed E-state index contributed by atoms with van der Waals surface area (Å²) in [6.07, 6.45) is 6.98. The number of nitrogens with zero attached hydrogens (tertiary/aromatic N) is 3. The molecule has 0 atom stereocenters. The summed E-state index contributed by atoms with van der Waals surface area (Å²) in [5.74, 6) is -0.392. The molecule has 3 rings (SSSR count). The van der Waals surface area contributed by atoms with E-state index in [1.807, 2.05) is 44.2 Å². The Morgan fingerprint density at radius 2 is 1.97 bits per heavy atom. The van der Waals surface area contributed by atoms with Crippen LogP contribution < -0.4 is 21.9 Å². The van der Waals surface area contributed by atoms with Crippen LogP contribution in [-0.2, 0) is 11.3 Å². The molecule has 0 unspecified atom stereocenters. The number of unbranched alkanes of at least 4 members (excludes halogenated alkanes) is 1. The van der Waals surface area contributed by atoms with Gasteiger partial charge in [-0.05, 0) is 25.0 Å². The number of pyridine rings is 1. The molecular formula is C23H27N5O3. The highest BCUT2D eigenvalue weighted by molar-refractivity contribution is 6.06. The summed E-state index contributed by atoms with van der Waals surface area (Å²) < 4.78 is 1.31. The molecule has 1 aromatic carbocycles. The summed E-state index contributed by atoms with van der Waals surface area (Å²) >= 11 is 0. The third-order valence-corrected chi connectivity index (χ3v) is 5.00. The molecule has 162 valence electrons. The van der Waals surface area contributed by atoms with E-state index in [1.54, 1.807) is 12.3 Å². The number of benzene rings is 1. The maximum atomic E-state index is 13.1. The number of para-hydroxylation sites is 1. The molecule has 0 fully saturated rings. The zero-order valence-electron chi connectivity index (χ0n) is 17.8. The van der Waals surface area contributed by atoms with Gasteiger partial charge in [-0.1, -0.05) is 44.5 Å². The van der Waals surface area contributed by atoms with Gasteiger partial charge in [0, 0.05) is 36.3 Å². The number of aromatic nitrogens is 3. The van der Waals surface area contributed by atoms with Crippen LogP contribution in [0.5, 0.6) is 0 Å². The van der Waals surface area contributed by atoms with Crippen LogP contribution in [0.1, 0.15) is 38.7 Å². The monoisotopic (exact) mass is 421 g/mol. The number of nitrogens with one attached hydrogen (secondary N) is 1. The van der Waals surface area contributed by atoms with Gasteiger partial charge in [0.25, 0.3) is 11.5 Å². The van der Waals surface area contributed by atoms with Crippen molar-refractivity contribution in [3.63, 3.8) is 0 Å². The van der Waals surface area contributed by atoms with Crippen LogP contribution in [0.2, 0.25) is 0 Å². The van der Waals surface area contributed by atoms with E-state index in [1.165, 1.54) is 15.5 Å². The number of nitrogen functional groups attached to an aromatic ring is 1. The Labute approximate surface area is 180 Å². The van der Waals surface area contributed by atoms with Gasteiger partial charge in [0.05, 0.1) is 5.52 Å². The molecule has 0 saturated carbocycles. The highest BCUT2D eigenvalue weighted by Crippen LogP contribution is 2.20. The third-order valence-electron chi connectivity index (χ3n) is 5.00. The minimum absolute atomic E-state index is 0.00301. The minimum atomic E-state index is -0.669. The van der Waals surface area contributed by atoms with Gasteiger partial charge in [-0.3, -0.25) is 24.1 Å². The van der Waals surface area contributed by atoms with Gasteiger partial charge in [-0.15, -0.1) is 0 Å². The quantitative estimate of drug-likeness (QED) is 0.543. The van der Waals surface area contributed by atoms with E-state index in [0.717, 1.165) is 29.3 Å². The van der Waals surface area contributed by atoms with Gasteiger partial charge in [0.2, 0.25) is 0 Å². The predicted molar refractivity (Wildman–Crippen MR) is 124 cm³/mol. The number of rotatable bonds is 8. The van der Waals surface area contributed by atoms with Crippen LogP contribution >= 0.6 is 0 Å². The van der Waals surface area contributed by atoms with Crippen LogP contribution in [0.4, 0.5) is 11.5 Å². The number of hydrogen-bond donors (Lipinski definition) is 2. The molecule has 0 aliphatic heterocycles. The maximum absolute atomic E-state index is 13.1. The molecular weight excluding hydrogens is 394 g/mol. The van der Waals surface area contributed by atoms with E-state index in [2.05, 4.69) is 9.97 Å². The van der Waals surface area contributed by atoms with Gasteiger partial charge in [0.15, 0.2) is 5.69 Å². The molecule has 3 aromatic rings. The van der Waals surface area contributed by atoms with Crippen molar-refractivity contribution < 1.29 is 4.79 Å². The van der Waals surface area contributed by atoms with Crippen molar-refractivity contribution in [3.8, 4) is 0 Å². The smallest absolute Gasteiger partial charge is 0.330 e. The topological polar surface area (TPSA) is 114 Å². The van der Waals surface area contributed by atoms with E-state index >= 15 is 0 Å². The first kappa shape index (κ1) is 22.0. The Balaban J connectivity index is 2.00. The molecule has 0 radical (unpaired) electrons. The van der Waals surface area contributed by atoms with E-state index < -0.39 is 17.2 Å². The Bertz CT molecular complexity index is 1220. The Hall–Kier alpha value is -3.68. The average Bonchev–Trinajstić information content (AvgIpc) is 2.76. The van der Waals surface area contributed by atoms with Gasteiger partial charge >= 0.3 is 5.69 Å². The van der Waals surface area contributed by atoms with Crippen molar-refractivity contribution in [3.05, 3.63) is 69.0 Å². The third kappa shape index (κ3) is 4.74. The van der Waals surface area contributed by atoms with Crippen LogP contribution in [0, 0.1) is 0 Å². The first-order valence-corrected chi connectivity index (χ1v) is 10.4. The first-order chi connectivity index (χ1) is 15.0. The number of carbonyl (C=O) groups is 1. The van der Waals surface area contributed by atoms with Crippen LogP contribution in [0.15, 0.2) is 52.2 Å². The second-order valence-electron chi connectivity index (χ2n) is 7.24. The lowest BCUT2D eigenvalue weighted by Gasteiger charge is -2.23. The summed E-state index contributed by atoms with van der Waals surface area (Å²) in [6, 6.07) is 9.52. The fraction of sp³-hybridized carbons (Fsp3) is 0.304. The van der Waals surface area contributed by atoms with Gasteiger partial charge in [-0.2, -0.15) is 0 Å². The highest BCUT2D eigenvalue weighted by atomic mass is 16.2.